The molecule has 162 valence electrons. The fraction of sp³-hybridized carbons (Fsp3) is 0.500. The lowest BCUT2D eigenvalue weighted by Gasteiger charge is -2.29. The Labute approximate surface area is 178 Å². The van der Waals surface area contributed by atoms with Crippen LogP contribution in [0.2, 0.25) is 0 Å². The van der Waals surface area contributed by atoms with Crippen LogP contribution < -0.4 is 0 Å². The Hall–Kier alpha value is -2.76. The van der Waals surface area contributed by atoms with Crippen LogP contribution in [0.4, 0.5) is 9.59 Å². The third-order valence-electron chi connectivity index (χ3n) is 4.82. The van der Waals surface area contributed by atoms with Gasteiger partial charge in [-0.3, -0.25) is 4.57 Å². The maximum Gasteiger partial charge on any atom is 0.419 e. The molecule has 0 radical (unpaired) electrons. The van der Waals surface area contributed by atoms with Crippen molar-refractivity contribution in [2.75, 3.05) is 13.1 Å². The Bertz CT molecular complexity index is 1000. The smallest absolute Gasteiger partial charge is 0.419 e. The van der Waals surface area contributed by atoms with E-state index in [0.29, 0.717) is 19.5 Å². The predicted octanol–water partition coefficient (Wildman–Crippen LogP) is 5.76. The van der Waals surface area contributed by atoms with E-state index in [1.54, 1.807) is 9.47 Å². The van der Waals surface area contributed by atoms with E-state index < -0.39 is 11.2 Å². The molecule has 2 aromatic rings. The van der Waals surface area contributed by atoms with Gasteiger partial charge in [-0.2, -0.15) is 0 Å². The van der Waals surface area contributed by atoms with Crippen molar-refractivity contribution in [3.63, 3.8) is 0 Å². The second kappa shape index (κ2) is 7.82. The number of benzene rings is 1. The molecule has 0 saturated heterocycles. The van der Waals surface area contributed by atoms with Gasteiger partial charge in [0.25, 0.3) is 0 Å². The van der Waals surface area contributed by atoms with Gasteiger partial charge in [0, 0.05) is 30.2 Å². The standard InChI is InChI=1S/C24H32N2O4/c1-16-9-8-10-18-19(15-26(20(16)18)22(28)30-24(5,6)7)17-11-13-25(14-12-17)21(27)29-23(2,3)4/h8-11,15H,12-14H2,1-7H3. The highest BCUT2D eigenvalue weighted by Crippen LogP contribution is 2.33. The number of aryl methyl sites for hydroxylation is 1. The van der Waals surface area contributed by atoms with Gasteiger partial charge in [0.1, 0.15) is 11.2 Å². The van der Waals surface area contributed by atoms with Gasteiger partial charge in [0.2, 0.25) is 0 Å². The molecule has 6 nitrogen and oxygen atoms in total. The lowest BCUT2D eigenvalue weighted by atomic mass is 9.98. The fourth-order valence-electron chi connectivity index (χ4n) is 3.58. The number of ether oxygens (including phenoxy) is 2. The number of rotatable bonds is 1. The molecule has 1 aliphatic heterocycles. The summed E-state index contributed by atoms with van der Waals surface area (Å²) in [5.74, 6) is 0. The van der Waals surface area contributed by atoms with Gasteiger partial charge in [-0.25, -0.2) is 9.59 Å². The van der Waals surface area contributed by atoms with E-state index in [9.17, 15) is 9.59 Å². The van der Waals surface area contributed by atoms with Crippen LogP contribution in [0.1, 0.15) is 59.1 Å². The number of para-hydroxylation sites is 1. The first-order valence-electron chi connectivity index (χ1n) is 10.4. The molecular formula is C24H32N2O4. The van der Waals surface area contributed by atoms with Crippen molar-refractivity contribution < 1.29 is 19.1 Å². The second-order valence-electron chi connectivity index (χ2n) is 9.77. The second-order valence-corrected chi connectivity index (χ2v) is 9.77. The van der Waals surface area contributed by atoms with E-state index in [1.165, 1.54) is 0 Å². The van der Waals surface area contributed by atoms with Crippen molar-refractivity contribution >= 4 is 28.7 Å². The molecule has 0 fully saturated rings. The van der Waals surface area contributed by atoms with Crippen molar-refractivity contribution in [2.24, 2.45) is 0 Å². The van der Waals surface area contributed by atoms with Crippen LogP contribution in [-0.2, 0) is 9.47 Å². The number of nitrogens with zero attached hydrogens (tertiary/aromatic N) is 2. The highest BCUT2D eigenvalue weighted by molar-refractivity contribution is 5.99. The first-order chi connectivity index (χ1) is 13.9. The molecule has 0 bridgehead atoms. The van der Waals surface area contributed by atoms with Gasteiger partial charge in [0.15, 0.2) is 0 Å². The van der Waals surface area contributed by atoms with Gasteiger partial charge in [-0.15, -0.1) is 0 Å². The summed E-state index contributed by atoms with van der Waals surface area (Å²) in [7, 11) is 0. The summed E-state index contributed by atoms with van der Waals surface area (Å²) < 4.78 is 12.7. The third kappa shape index (κ3) is 4.86. The molecule has 0 unspecified atom stereocenters. The number of carbonyl (C=O) groups excluding carboxylic acids is 2. The van der Waals surface area contributed by atoms with E-state index in [4.69, 9.17) is 9.47 Å². The van der Waals surface area contributed by atoms with Crippen LogP contribution in [-0.4, -0.2) is 45.9 Å². The van der Waals surface area contributed by atoms with Crippen LogP contribution in [0.25, 0.3) is 16.5 Å². The van der Waals surface area contributed by atoms with Crippen LogP contribution in [0, 0.1) is 6.92 Å². The molecule has 6 heteroatoms. The highest BCUT2D eigenvalue weighted by atomic mass is 16.6. The van der Waals surface area contributed by atoms with Crippen LogP contribution in [0.3, 0.4) is 0 Å². The van der Waals surface area contributed by atoms with E-state index in [2.05, 4.69) is 0 Å². The van der Waals surface area contributed by atoms with Crippen LogP contribution in [0.15, 0.2) is 30.5 Å². The molecule has 0 spiro atoms. The van der Waals surface area contributed by atoms with Crippen molar-refractivity contribution in [2.45, 2.75) is 66.1 Å². The molecule has 3 rings (SSSR count). The Morgan fingerprint density at radius 3 is 2.17 bits per heavy atom. The zero-order valence-corrected chi connectivity index (χ0v) is 19.0. The normalized spacial score (nSPS) is 15.2. The Morgan fingerprint density at radius 1 is 0.967 bits per heavy atom. The number of hydrogen-bond donors (Lipinski definition) is 0. The Morgan fingerprint density at radius 2 is 1.60 bits per heavy atom. The minimum Gasteiger partial charge on any atom is -0.444 e. The monoisotopic (exact) mass is 412 g/mol. The third-order valence-corrected chi connectivity index (χ3v) is 4.82. The van der Waals surface area contributed by atoms with Crippen molar-refractivity contribution in [1.82, 2.24) is 9.47 Å². The van der Waals surface area contributed by atoms with Crippen LogP contribution >= 0.6 is 0 Å². The summed E-state index contributed by atoms with van der Waals surface area (Å²) in [6, 6.07) is 6.02. The zero-order chi connectivity index (χ0) is 22.3. The Kier molecular flexibility index (Phi) is 5.72. The van der Waals surface area contributed by atoms with E-state index in [-0.39, 0.29) is 12.2 Å². The maximum atomic E-state index is 12.8. The average Bonchev–Trinajstić information content (AvgIpc) is 3.00. The minimum atomic E-state index is -0.575. The van der Waals surface area contributed by atoms with E-state index >= 15 is 0 Å². The lowest BCUT2D eigenvalue weighted by Crippen LogP contribution is -2.39. The Balaban J connectivity index is 1.93. The topological polar surface area (TPSA) is 60.8 Å². The first-order valence-corrected chi connectivity index (χ1v) is 10.4. The molecule has 30 heavy (non-hydrogen) atoms. The van der Waals surface area contributed by atoms with Gasteiger partial charge in [0.05, 0.1) is 5.52 Å². The number of carbonyl (C=O) groups is 2. The van der Waals surface area contributed by atoms with E-state index in [1.807, 2.05) is 78.9 Å². The molecule has 0 atom stereocenters. The summed E-state index contributed by atoms with van der Waals surface area (Å²) in [6.07, 6.45) is 3.91. The van der Waals surface area contributed by atoms with Crippen LogP contribution in [0.5, 0.6) is 0 Å². The molecule has 1 aromatic heterocycles. The number of aromatic nitrogens is 1. The largest absolute Gasteiger partial charge is 0.444 e. The lowest BCUT2D eigenvalue weighted by molar-refractivity contribution is 0.0270. The molecule has 1 amide bonds. The SMILES string of the molecule is Cc1cccc2c(C3=CCN(C(=O)OC(C)(C)C)CC3)cn(C(=O)OC(C)(C)C)c12. The molecule has 0 N–H and O–H groups in total. The summed E-state index contributed by atoms with van der Waals surface area (Å²) in [6.45, 7) is 14.2. The zero-order valence-electron chi connectivity index (χ0n) is 19.0. The predicted molar refractivity (Wildman–Crippen MR) is 119 cm³/mol. The molecule has 1 aromatic carbocycles. The summed E-state index contributed by atoms with van der Waals surface area (Å²) >= 11 is 0. The van der Waals surface area contributed by atoms with Crippen molar-refractivity contribution in [3.05, 3.63) is 41.6 Å². The first kappa shape index (κ1) is 21.9. The summed E-state index contributed by atoms with van der Waals surface area (Å²) in [5.41, 5.74) is 2.90. The van der Waals surface area contributed by atoms with Crippen molar-refractivity contribution in [1.29, 1.82) is 0 Å². The van der Waals surface area contributed by atoms with Gasteiger partial charge >= 0.3 is 12.2 Å². The van der Waals surface area contributed by atoms with Crippen molar-refractivity contribution in [3.8, 4) is 0 Å². The number of amides is 1. The summed E-state index contributed by atoms with van der Waals surface area (Å²) in [5, 5.41) is 1.01. The molecule has 0 saturated carbocycles. The molecule has 2 heterocycles. The van der Waals surface area contributed by atoms with E-state index in [0.717, 1.165) is 27.6 Å². The van der Waals surface area contributed by atoms with Gasteiger partial charge in [-0.1, -0.05) is 24.3 Å². The number of fused-ring (bicyclic) bond motifs is 1. The quantitative estimate of drug-likeness (QED) is 0.598. The fourth-order valence-corrected chi connectivity index (χ4v) is 3.58. The maximum absolute atomic E-state index is 12.8. The highest BCUT2D eigenvalue weighted by Gasteiger charge is 2.26. The number of hydrogen-bond acceptors (Lipinski definition) is 4. The molecular weight excluding hydrogens is 380 g/mol. The molecule has 0 aliphatic carbocycles. The van der Waals surface area contributed by atoms with Gasteiger partial charge < -0.3 is 14.4 Å². The van der Waals surface area contributed by atoms with Gasteiger partial charge in [-0.05, 0) is 66.0 Å². The summed E-state index contributed by atoms with van der Waals surface area (Å²) in [4.78, 5) is 26.9. The minimum absolute atomic E-state index is 0.301. The molecule has 1 aliphatic rings. The average molecular weight is 413 g/mol.